The molecule has 0 saturated carbocycles. The average Bonchev–Trinajstić information content (AvgIpc) is 2.77. The predicted octanol–water partition coefficient (Wildman–Crippen LogP) is 3.18. The van der Waals surface area contributed by atoms with Crippen molar-refractivity contribution >= 4 is 11.8 Å². The average molecular weight is 411 g/mol. The molecule has 160 valence electrons. The van der Waals surface area contributed by atoms with E-state index in [-0.39, 0.29) is 17.9 Å². The third kappa shape index (κ3) is 4.96. The molecule has 1 fully saturated rings. The maximum atomic E-state index is 13.0. The van der Waals surface area contributed by atoms with E-state index in [0.717, 1.165) is 30.6 Å². The number of carbonyl (C=O) groups excluding carboxylic acids is 2. The second-order valence-corrected chi connectivity index (χ2v) is 7.87. The number of aromatic nitrogens is 2. The highest BCUT2D eigenvalue weighted by Crippen LogP contribution is 2.30. The van der Waals surface area contributed by atoms with Gasteiger partial charge in [0.2, 0.25) is 5.91 Å². The number of amides is 2. The van der Waals surface area contributed by atoms with Crippen LogP contribution in [0, 0.1) is 6.92 Å². The number of methoxy groups -OCH3 is 1. The fourth-order valence-electron chi connectivity index (χ4n) is 3.78. The Morgan fingerprint density at radius 2 is 1.93 bits per heavy atom. The number of nitrogens with zero attached hydrogens (tertiary/aromatic N) is 4. The fourth-order valence-corrected chi connectivity index (χ4v) is 3.78. The van der Waals surface area contributed by atoms with Crippen LogP contribution >= 0.6 is 0 Å². The van der Waals surface area contributed by atoms with Crippen molar-refractivity contribution in [1.29, 1.82) is 0 Å². The topological polar surface area (TPSA) is 75.6 Å². The summed E-state index contributed by atoms with van der Waals surface area (Å²) >= 11 is 0. The van der Waals surface area contributed by atoms with Crippen LogP contribution in [0.3, 0.4) is 0 Å². The SMILES string of the molecule is COc1ccc(CCC(=O)N2CCCC[C@@H]2c2ncc(C(=O)N(C)C)c(C)n2)cc1. The molecule has 0 spiro atoms. The van der Waals surface area contributed by atoms with Crippen molar-refractivity contribution < 1.29 is 14.3 Å². The Hall–Kier alpha value is -2.96. The molecule has 1 aliphatic heterocycles. The molecule has 0 radical (unpaired) electrons. The van der Waals surface area contributed by atoms with Gasteiger partial charge in [-0.3, -0.25) is 9.59 Å². The molecule has 30 heavy (non-hydrogen) atoms. The minimum absolute atomic E-state index is 0.116. The van der Waals surface area contributed by atoms with Crippen molar-refractivity contribution in [3.63, 3.8) is 0 Å². The largest absolute Gasteiger partial charge is 0.497 e. The Balaban J connectivity index is 1.71. The number of rotatable bonds is 6. The summed E-state index contributed by atoms with van der Waals surface area (Å²) < 4.78 is 5.19. The van der Waals surface area contributed by atoms with Crippen LogP contribution < -0.4 is 4.74 Å². The van der Waals surface area contributed by atoms with Gasteiger partial charge in [0.1, 0.15) is 5.75 Å². The normalized spacial score (nSPS) is 16.3. The van der Waals surface area contributed by atoms with Crippen LogP contribution in [-0.4, -0.2) is 59.3 Å². The highest BCUT2D eigenvalue weighted by Gasteiger charge is 2.30. The first kappa shape index (κ1) is 21.7. The highest BCUT2D eigenvalue weighted by atomic mass is 16.5. The van der Waals surface area contributed by atoms with Crippen LogP contribution in [-0.2, 0) is 11.2 Å². The maximum absolute atomic E-state index is 13.0. The number of benzene rings is 1. The van der Waals surface area contributed by atoms with E-state index in [9.17, 15) is 9.59 Å². The van der Waals surface area contributed by atoms with Gasteiger partial charge in [-0.2, -0.15) is 0 Å². The molecule has 7 nitrogen and oxygen atoms in total. The first-order chi connectivity index (χ1) is 14.4. The molecule has 7 heteroatoms. The van der Waals surface area contributed by atoms with Gasteiger partial charge in [0.15, 0.2) is 5.82 Å². The van der Waals surface area contributed by atoms with Crippen molar-refractivity contribution in [2.45, 2.75) is 45.1 Å². The van der Waals surface area contributed by atoms with Gasteiger partial charge in [-0.05, 0) is 50.3 Å². The molecule has 0 bridgehead atoms. The van der Waals surface area contributed by atoms with Crippen LogP contribution in [0.15, 0.2) is 30.5 Å². The maximum Gasteiger partial charge on any atom is 0.256 e. The Kier molecular flexibility index (Phi) is 7.03. The van der Waals surface area contributed by atoms with Gasteiger partial charge in [0, 0.05) is 33.3 Å². The molecule has 3 rings (SSSR count). The third-order valence-corrected chi connectivity index (χ3v) is 5.54. The Labute approximate surface area is 178 Å². The van der Waals surface area contributed by atoms with Crippen LogP contribution in [0.2, 0.25) is 0 Å². The summed E-state index contributed by atoms with van der Waals surface area (Å²) in [5, 5.41) is 0. The molecule has 1 aromatic carbocycles. The van der Waals surface area contributed by atoms with E-state index < -0.39 is 0 Å². The van der Waals surface area contributed by atoms with E-state index in [2.05, 4.69) is 9.97 Å². The summed E-state index contributed by atoms with van der Waals surface area (Å²) in [6.45, 7) is 2.54. The smallest absolute Gasteiger partial charge is 0.256 e. The number of carbonyl (C=O) groups is 2. The monoisotopic (exact) mass is 410 g/mol. The Morgan fingerprint density at radius 1 is 1.20 bits per heavy atom. The molecular weight excluding hydrogens is 380 g/mol. The van der Waals surface area contributed by atoms with Gasteiger partial charge in [0.05, 0.1) is 24.4 Å². The van der Waals surface area contributed by atoms with E-state index in [1.54, 1.807) is 27.4 Å². The molecule has 1 aromatic heterocycles. The van der Waals surface area contributed by atoms with Crippen LogP contribution in [0.5, 0.6) is 5.75 Å². The molecule has 0 unspecified atom stereocenters. The van der Waals surface area contributed by atoms with Crippen LogP contribution in [0.4, 0.5) is 0 Å². The minimum atomic E-state index is -0.135. The van der Waals surface area contributed by atoms with E-state index in [1.807, 2.05) is 36.1 Å². The summed E-state index contributed by atoms with van der Waals surface area (Å²) in [6.07, 6.45) is 5.58. The summed E-state index contributed by atoms with van der Waals surface area (Å²) in [6, 6.07) is 7.68. The Bertz CT molecular complexity index is 896. The van der Waals surface area contributed by atoms with Crippen molar-refractivity contribution in [2.75, 3.05) is 27.7 Å². The molecule has 1 saturated heterocycles. The number of aryl methyl sites for hydroxylation is 2. The summed E-state index contributed by atoms with van der Waals surface area (Å²) in [5.74, 6) is 1.44. The summed E-state index contributed by atoms with van der Waals surface area (Å²) in [5.41, 5.74) is 2.25. The number of piperidine rings is 1. The van der Waals surface area contributed by atoms with Crippen molar-refractivity contribution in [3.8, 4) is 5.75 Å². The molecule has 0 aliphatic carbocycles. The van der Waals surface area contributed by atoms with Crippen molar-refractivity contribution in [3.05, 3.63) is 53.1 Å². The molecule has 2 heterocycles. The first-order valence-corrected chi connectivity index (χ1v) is 10.4. The molecule has 0 N–H and O–H groups in total. The fraction of sp³-hybridized carbons (Fsp3) is 0.478. The molecule has 2 amide bonds. The molecule has 2 aromatic rings. The first-order valence-electron chi connectivity index (χ1n) is 10.4. The summed E-state index contributed by atoms with van der Waals surface area (Å²) in [4.78, 5) is 37.8. The molecular formula is C23H30N4O3. The van der Waals surface area contributed by atoms with E-state index >= 15 is 0 Å². The molecule has 1 atom stereocenters. The van der Waals surface area contributed by atoms with Gasteiger partial charge >= 0.3 is 0 Å². The highest BCUT2D eigenvalue weighted by molar-refractivity contribution is 5.94. The lowest BCUT2D eigenvalue weighted by molar-refractivity contribution is -0.135. The number of likely N-dealkylation sites (tertiary alicyclic amines) is 1. The standard InChI is InChI=1S/C23H30N4O3/c1-16-19(23(29)26(2)3)15-24-22(25-16)20-7-5-6-14-27(20)21(28)13-10-17-8-11-18(30-4)12-9-17/h8-9,11-12,15,20H,5-7,10,13-14H2,1-4H3/t20-/m1/s1. The lowest BCUT2D eigenvalue weighted by Gasteiger charge is -2.35. The number of ether oxygens (including phenoxy) is 1. The third-order valence-electron chi connectivity index (χ3n) is 5.54. The second kappa shape index (κ2) is 9.69. The van der Waals surface area contributed by atoms with Crippen molar-refractivity contribution in [2.24, 2.45) is 0 Å². The molecule has 1 aliphatic rings. The van der Waals surface area contributed by atoms with Gasteiger partial charge in [-0.15, -0.1) is 0 Å². The quantitative estimate of drug-likeness (QED) is 0.731. The number of hydrogen-bond donors (Lipinski definition) is 0. The zero-order valence-corrected chi connectivity index (χ0v) is 18.2. The summed E-state index contributed by atoms with van der Waals surface area (Å²) in [7, 11) is 5.06. The van der Waals surface area contributed by atoms with Crippen LogP contribution in [0.25, 0.3) is 0 Å². The van der Waals surface area contributed by atoms with Crippen LogP contribution in [0.1, 0.15) is 59.2 Å². The van der Waals surface area contributed by atoms with Gasteiger partial charge in [0.25, 0.3) is 5.91 Å². The van der Waals surface area contributed by atoms with Gasteiger partial charge in [-0.25, -0.2) is 9.97 Å². The van der Waals surface area contributed by atoms with Gasteiger partial charge in [-0.1, -0.05) is 12.1 Å². The zero-order chi connectivity index (χ0) is 21.7. The minimum Gasteiger partial charge on any atom is -0.497 e. The lowest BCUT2D eigenvalue weighted by Crippen LogP contribution is -2.39. The Morgan fingerprint density at radius 3 is 2.57 bits per heavy atom. The van der Waals surface area contributed by atoms with E-state index in [0.29, 0.717) is 36.5 Å². The van der Waals surface area contributed by atoms with Crippen molar-refractivity contribution in [1.82, 2.24) is 19.8 Å². The number of hydrogen-bond acceptors (Lipinski definition) is 5. The zero-order valence-electron chi connectivity index (χ0n) is 18.2. The van der Waals surface area contributed by atoms with E-state index in [1.165, 1.54) is 4.90 Å². The lowest BCUT2D eigenvalue weighted by atomic mass is 9.99. The van der Waals surface area contributed by atoms with E-state index in [4.69, 9.17) is 4.74 Å². The second-order valence-electron chi connectivity index (χ2n) is 7.87. The van der Waals surface area contributed by atoms with Gasteiger partial charge < -0.3 is 14.5 Å². The predicted molar refractivity (Wildman–Crippen MR) is 114 cm³/mol.